The molecule has 1 aromatic heterocycles. The average molecular weight is 296 g/mol. The van der Waals surface area contributed by atoms with Gasteiger partial charge in [-0.3, -0.25) is 5.10 Å². The van der Waals surface area contributed by atoms with Crippen LogP contribution in [0.25, 0.3) is 11.3 Å². The van der Waals surface area contributed by atoms with Gasteiger partial charge < -0.3 is 10.6 Å². The predicted molar refractivity (Wildman–Crippen MR) is 88.8 cm³/mol. The molecule has 0 amide bonds. The Hall–Kier alpha value is -1.65. The lowest BCUT2D eigenvalue weighted by molar-refractivity contribution is 0.355. The number of benzene rings is 1. The number of nitrogens with zero attached hydrogens (tertiary/aromatic N) is 1. The van der Waals surface area contributed by atoms with Crippen molar-refractivity contribution in [1.29, 1.82) is 0 Å². The number of H-pyrrole nitrogens is 1. The molecule has 3 N–H and O–H groups in total. The molecule has 0 radical (unpaired) electrons. The third kappa shape index (κ3) is 3.08. The van der Waals surface area contributed by atoms with Gasteiger partial charge in [0.15, 0.2) is 0 Å². The number of aromatic nitrogens is 2. The summed E-state index contributed by atoms with van der Waals surface area (Å²) in [5.41, 5.74) is 3.76. The molecule has 116 valence electrons. The Morgan fingerprint density at radius 3 is 2.64 bits per heavy atom. The van der Waals surface area contributed by atoms with Crippen LogP contribution >= 0.6 is 0 Å². The molecule has 2 aromatic rings. The first-order chi connectivity index (χ1) is 10.9. The van der Waals surface area contributed by atoms with Crippen molar-refractivity contribution in [2.45, 2.75) is 31.2 Å². The molecule has 1 aliphatic heterocycles. The van der Waals surface area contributed by atoms with Gasteiger partial charge in [0.05, 0.1) is 5.69 Å². The number of piperidine rings is 1. The van der Waals surface area contributed by atoms with Crippen molar-refractivity contribution < 1.29 is 0 Å². The van der Waals surface area contributed by atoms with E-state index in [1.165, 1.54) is 50.0 Å². The Bertz CT molecular complexity index is 584. The SMILES string of the molecule is c1cc(-c2ccc([C@H]3C[C@@H]3NCC3CCNCC3)cc2)[nH]n1. The van der Waals surface area contributed by atoms with Crippen molar-refractivity contribution in [2.75, 3.05) is 19.6 Å². The van der Waals surface area contributed by atoms with E-state index in [9.17, 15) is 0 Å². The van der Waals surface area contributed by atoms with Crippen LogP contribution in [-0.4, -0.2) is 35.9 Å². The summed E-state index contributed by atoms with van der Waals surface area (Å²) in [6.07, 6.45) is 5.73. The van der Waals surface area contributed by atoms with Crippen molar-refractivity contribution in [3.05, 3.63) is 42.1 Å². The van der Waals surface area contributed by atoms with E-state index < -0.39 is 0 Å². The van der Waals surface area contributed by atoms with Crippen molar-refractivity contribution in [2.24, 2.45) is 5.92 Å². The van der Waals surface area contributed by atoms with Crippen LogP contribution in [0.4, 0.5) is 0 Å². The maximum Gasteiger partial charge on any atom is 0.0650 e. The van der Waals surface area contributed by atoms with Gasteiger partial charge >= 0.3 is 0 Å². The van der Waals surface area contributed by atoms with Crippen molar-refractivity contribution in [1.82, 2.24) is 20.8 Å². The van der Waals surface area contributed by atoms with Gasteiger partial charge in [-0.25, -0.2) is 0 Å². The van der Waals surface area contributed by atoms with E-state index in [2.05, 4.69) is 45.1 Å². The highest BCUT2D eigenvalue weighted by atomic mass is 15.1. The Balaban J connectivity index is 1.30. The smallest absolute Gasteiger partial charge is 0.0650 e. The van der Waals surface area contributed by atoms with Crippen LogP contribution < -0.4 is 10.6 Å². The topological polar surface area (TPSA) is 52.7 Å². The normalized spacial score (nSPS) is 25.3. The number of rotatable bonds is 5. The van der Waals surface area contributed by atoms with Crippen LogP contribution in [0, 0.1) is 5.92 Å². The Kier molecular flexibility index (Phi) is 3.95. The van der Waals surface area contributed by atoms with E-state index in [1.807, 2.05) is 6.07 Å². The third-order valence-corrected chi connectivity index (χ3v) is 5.07. The summed E-state index contributed by atoms with van der Waals surface area (Å²) in [7, 11) is 0. The molecule has 22 heavy (non-hydrogen) atoms. The fourth-order valence-corrected chi connectivity index (χ4v) is 3.52. The van der Waals surface area contributed by atoms with Gasteiger partial charge in [0.2, 0.25) is 0 Å². The van der Waals surface area contributed by atoms with E-state index in [-0.39, 0.29) is 0 Å². The maximum atomic E-state index is 4.01. The van der Waals surface area contributed by atoms with E-state index in [1.54, 1.807) is 6.20 Å². The van der Waals surface area contributed by atoms with Crippen molar-refractivity contribution in [3.63, 3.8) is 0 Å². The average Bonchev–Trinajstić information content (AvgIpc) is 3.15. The number of hydrogen-bond acceptors (Lipinski definition) is 3. The van der Waals surface area contributed by atoms with E-state index in [4.69, 9.17) is 0 Å². The fraction of sp³-hybridized carbons (Fsp3) is 0.500. The molecule has 0 bridgehead atoms. The molecule has 2 heterocycles. The Labute approximate surface area is 131 Å². The Morgan fingerprint density at radius 1 is 1.09 bits per heavy atom. The summed E-state index contributed by atoms with van der Waals surface area (Å²) < 4.78 is 0. The molecule has 2 aliphatic rings. The lowest BCUT2D eigenvalue weighted by Gasteiger charge is -2.22. The Morgan fingerprint density at radius 2 is 1.91 bits per heavy atom. The molecule has 2 atom stereocenters. The van der Waals surface area contributed by atoms with Crippen LogP contribution in [0.2, 0.25) is 0 Å². The molecule has 1 saturated heterocycles. The van der Waals surface area contributed by atoms with Gasteiger partial charge in [-0.15, -0.1) is 0 Å². The van der Waals surface area contributed by atoms with Gasteiger partial charge in [-0.2, -0.15) is 5.10 Å². The molecule has 2 fully saturated rings. The second-order valence-electron chi connectivity index (χ2n) is 6.64. The first-order valence-corrected chi connectivity index (χ1v) is 8.44. The van der Waals surface area contributed by atoms with Gasteiger partial charge in [-0.1, -0.05) is 24.3 Å². The fourth-order valence-electron chi connectivity index (χ4n) is 3.52. The van der Waals surface area contributed by atoms with Crippen molar-refractivity contribution in [3.8, 4) is 11.3 Å². The van der Waals surface area contributed by atoms with Crippen molar-refractivity contribution >= 4 is 0 Å². The first-order valence-electron chi connectivity index (χ1n) is 8.44. The molecule has 4 heteroatoms. The summed E-state index contributed by atoms with van der Waals surface area (Å²) in [5.74, 6) is 1.57. The van der Waals surface area contributed by atoms with Gasteiger partial charge in [0.1, 0.15) is 0 Å². The molecule has 1 saturated carbocycles. The lowest BCUT2D eigenvalue weighted by atomic mass is 9.98. The molecule has 1 aromatic carbocycles. The molecular formula is C18H24N4. The minimum absolute atomic E-state index is 0.688. The summed E-state index contributed by atoms with van der Waals surface area (Å²) in [6, 6.07) is 11.6. The minimum atomic E-state index is 0.688. The maximum absolute atomic E-state index is 4.01. The summed E-state index contributed by atoms with van der Waals surface area (Å²) in [6.45, 7) is 3.57. The zero-order valence-corrected chi connectivity index (χ0v) is 12.9. The zero-order valence-electron chi connectivity index (χ0n) is 12.9. The number of hydrogen-bond donors (Lipinski definition) is 3. The standard InChI is InChI=1S/C18H24N4/c1-3-15(17-7-10-21-22-17)4-2-14(1)16-11-18(16)20-12-13-5-8-19-9-6-13/h1-4,7,10,13,16,18-20H,5-6,8-9,11-12H2,(H,21,22)/t16-,18+/m1/s1. The van der Waals surface area contributed by atoms with Crippen LogP contribution in [0.5, 0.6) is 0 Å². The van der Waals surface area contributed by atoms with Gasteiger partial charge in [0.25, 0.3) is 0 Å². The number of nitrogens with one attached hydrogen (secondary N) is 3. The van der Waals surface area contributed by atoms with E-state index >= 15 is 0 Å². The van der Waals surface area contributed by atoms with E-state index in [0.29, 0.717) is 12.0 Å². The summed E-state index contributed by atoms with van der Waals surface area (Å²) in [5, 5.41) is 14.2. The van der Waals surface area contributed by atoms with E-state index in [0.717, 1.165) is 11.6 Å². The molecule has 0 spiro atoms. The molecule has 0 unspecified atom stereocenters. The minimum Gasteiger partial charge on any atom is -0.317 e. The second-order valence-corrected chi connectivity index (χ2v) is 6.64. The molecule has 4 nitrogen and oxygen atoms in total. The first kappa shape index (κ1) is 14.0. The highest BCUT2D eigenvalue weighted by Gasteiger charge is 2.38. The largest absolute Gasteiger partial charge is 0.317 e. The predicted octanol–water partition coefficient (Wildman–Crippen LogP) is 2.52. The summed E-state index contributed by atoms with van der Waals surface area (Å²) >= 11 is 0. The molecule has 4 rings (SSSR count). The molecular weight excluding hydrogens is 272 g/mol. The zero-order chi connectivity index (χ0) is 14.8. The van der Waals surface area contributed by atoms with Crippen LogP contribution in [0.15, 0.2) is 36.5 Å². The highest BCUT2D eigenvalue weighted by Crippen LogP contribution is 2.41. The van der Waals surface area contributed by atoms with Gasteiger partial charge in [-0.05, 0) is 62.0 Å². The van der Waals surface area contributed by atoms with Crippen LogP contribution in [0.3, 0.4) is 0 Å². The second kappa shape index (κ2) is 6.23. The van der Waals surface area contributed by atoms with Crippen LogP contribution in [0.1, 0.15) is 30.7 Å². The van der Waals surface area contributed by atoms with Gasteiger partial charge in [0, 0.05) is 18.2 Å². The summed E-state index contributed by atoms with van der Waals surface area (Å²) in [4.78, 5) is 0. The quantitative estimate of drug-likeness (QED) is 0.794. The van der Waals surface area contributed by atoms with Crippen LogP contribution in [-0.2, 0) is 0 Å². The molecule has 1 aliphatic carbocycles. The number of aromatic amines is 1. The third-order valence-electron chi connectivity index (χ3n) is 5.07. The monoisotopic (exact) mass is 296 g/mol. The lowest BCUT2D eigenvalue weighted by Crippen LogP contribution is -2.34. The highest BCUT2D eigenvalue weighted by molar-refractivity contribution is 5.59.